The van der Waals surface area contributed by atoms with E-state index in [2.05, 4.69) is 5.32 Å². The predicted molar refractivity (Wildman–Crippen MR) is 144 cm³/mol. The molecule has 4 aromatic rings. The van der Waals surface area contributed by atoms with Gasteiger partial charge in [0, 0.05) is 24.4 Å². The maximum atomic E-state index is 13.5. The molecule has 0 fully saturated rings. The van der Waals surface area contributed by atoms with Crippen LogP contribution in [0.2, 0.25) is 0 Å². The summed E-state index contributed by atoms with van der Waals surface area (Å²) in [6, 6.07) is 14.5. The van der Waals surface area contributed by atoms with Gasteiger partial charge in [-0.1, -0.05) is 41.7 Å². The van der Waals surface area contributed by atoms with Crippen LogP contribution in [0.15, 0.2) is 64.8 Å². The van der Waals surface area contributed by atoms with Gasteiger partial charge in [0.05, 0.1) is 30.6 Å². The first-order valence-electron chi connectivity index (χ1n) is 12.5. The van der Waals surface area contributed by atoms with Crippen LogP contribution in [0.5, 0.6) is 0 Å². The van der Waals surface area contributed by atoms with Crippen molar-refractivity contribution in [2.45, 2.75) is 45.3 Å². The van der Waals surface area contributed by atoms with Crippen LogP contribution in [-0.4, -0.2) is 22.4 Å². The van der Waals surface area contributed by atoms with Gasteiger partial charge in [-0.05, 0) is 50.5 Å². The number of carbonyl (C=O) groups excluding carboxylic acids is 1. The lowest BCUT2D eigenvalue weighted by Gasteiger charge is -2.09. The minimum absolute atomic E-state index is 0. The number of hydrogen-bond donors (Lipinski definition) is 1. The lowest BCUT2D eigenvalue weighted by molar-refractivity contribution is -0.668. The summed E-state index contributed by atoms with van der Waals surface area (Å²) in [7, 11) is 3.15. The summed E-state index contributed by atoms with van der Waals surface area (Å²) >= 11 is 1.32. The van der Waals surface area contributed by atoms with Crippen LogP contribution in [0.3, 0.4) is 0 Å². The molecule has 2 heterocycles. The van der Waals surface area contributed by atoms with Crippen molar-refractivity contribution in [2.24, 2.45) is 7.05 Å². The smallest absolute Gasteiger partial charge is 0.416 e. The number of aromatic nitrogens is 3. The molecule has 0 aliphatic heterocycles. The number of benzene rings is 2. The Morgan fingerprint density at radius 1 is 1.07 bits per heavy atom. The molecule has 0 saturated carbocycles. The van der Waals surface area contributed by atoms with Gasteiger partial charge in [0.2, 0.25) is 5.69 Å². The van der Waals surface area contributed by atoms with Crippen molar-refractivity contribution < 1.29 is 44.3 Å². The van der Waals surface area contributed by atoms with E-state index in [4.69, 9.17) is 4.74 Å². The fourth-order valence-corrected chi connectivity index (χ4v) is 5.35. The average molecular weight is 640 g/mol. The number of carbonyl (C=O) groups is 1. The highest BCUT2D eigenvalue weighted by Crippen LogP contribution is 2.33. The van der Waals surface area contributed by atoms with Gasteiger partial charge in [0.25, 0.3) is 0 Å². The van der Waals surface area contributed by atoms with Crippen molar-refractivity contribution in [1.82, 2.24) is 9.36 Å². The molecule has 0 saturated heterocycles. The fourth-order valence-electron chi connectivity index (χ4n) is 4.38. The van der Waals surface area contributed by atoms with E-state index in [1.54, 1.807) is 27.9 Å². The molecule has 0 bridgehead atoms. The Morgan fingerprint density at radius 3 is 2.48 bits per heavy atom. The molecular weight excluding hydrogens is 609 g/mol. The Morgan fingerprint density at radius 2 is 1.80 bits per heavy atom. The van der Waals surface area contributed by atoms with Crippen LogP contribution >= 0.6 is 11.3 Å². The number of methoxy groups -OCH3 is 1. The molecule has 0 radical (unpaired) electrons. The van der Waals surface area contributed by atoms with Crippen LogP contribution in [0, 0.1) is 6.92 Å². The number of para-hydroxylation sites is 1. The number of thiazole rings is 1. The molecule has 0 amide bonds. The highest BCUT2D eigenvalue weighted by Gasteiger charge is 2.31. The van der Waals surface area contributed by atoms with Gasteiger partial charge in [-0.3, -0.25) is 14.3 Å². The van der Waals surface area contributed by atoms with Gasteiger partial charge < -0.3 is 21.7 Å². The summed E-state index contributed by atoms with van der Waals surface area (Å²) in [5.41, 5.74) is 1.89. The number of nitrogens with zero attached hydrogens (tertiary/aromatic N) is 3. The second-order valence-electron chi connectivity index (χ2n) is 9.10. The lowest BCUT2D eigenvalue weighted by Crippen LogP contribution is -3.00. The Hall–Kier alpha value is -3.38. The Kier molecular flexibility index (Phi) is 10.4. The zero-order chi connectivity index (χ0) is 28.2. The number of nitrogens with one attached hydrogen (secondary N) is 1. The summed E-state index contributed by atoms with van der Waals surface area (Å²) in [6.07, 6.45) is -2.11. The molecule has 40 heavy (non-hydrogen) atoms. The normalized spacial score (nSPS) is 11.2. The fraction of sp³-hybridized carbons (Fsp3) is 0.321. The maximum absolute atomic E-state index is 13.5. The maximum Gasteiger partial charge on any atom is 0.416 e. The third-order valence-electron chi connectivity index (χ3n) is 6.58. The molecule has 0 atom stereocenters. The monoisotopic (exact) mass is 638 g/mol. The van der Waals surface area contributed by atoms with Crippen molar-refractivity contribution in [3.63, 3.8) is 0 Å². The molecule has 7 nitrogen and oxygen atoms in total. The molecule has 214 valence electrons. The highest BCUT2D eigenvalue weighted by atomic mass is 79.9. The van der Waals surface area contributed by atoms with Gasteiger partial charge in [0.15, 0.2) is 0 Å². The zero-order valence-corrected chi connectivity index (χ0v) is 24.7. The van der Waals surface area contributed by atoms with Gasteiger partial charge >= 0.3 is 22.8 Å². The van der Waals surface area contributed by atoms with Gasteiger partial charge in [0.1, 0.15) is 5.69 Å². The molecule has 1 N–H and O–H groups in total. The van der Waals surface area contributed by atoms with E-state index in [1.165, 1.54) is 24.5 Å². The number of hydrogen-bond acceptors (Lipinski definition) is 5. The molecule has 0 unspecified atom stereocenters. The van der Waals surface area contributed by atoms with Crippen LogP contribution in [0.1, 0.15) is 36.9 Å². The molecule has 2 aromatic heterocycles. The number of anilines is 2. The summed E-state index contributed by atoms with van der Waals surface area (Å²) < 4.78 is 50.2. The molecule has 0 aliphatic rings. The average Bonchev–Trinajstić information content (AvgIpc) is 3.42. The third kappa shape index (κ3) is 6.84. The van der Waals surface area contributed by atoms with E-state index >= 15 is 0 Å². The standard InChI is InChI=1S/C28H29F3N4O3S.BrH/c1-19-25(26(37)35(33(19)2)22-13-6-4-7-14-22)32-27-34(16-9-5-8-15-24(36)38-3)23(18-39-27)20-11-10-12-21(17-20)28(29,30)31;/h4,6-7,10-14,17-18H,5,8-9,15-16H2,1-3H3;1H. The van der Waals surface area contributed by atoms with Crippen LogP contribution in [-0.2, 0) is 29.3 Å². The highest BCUT2D eigenvalue weighted by molar-refractivity contribution is 7.13. The van der Waals surface area contributed by atoms with Crippen molar-refractivity contribution in [2.75, 3.05) is 12.4 Å². The third-order valence-corrected chi connectivity index (χ3v) is 7.47. The largest absolute Gasteiger partial charge is 1.00 e. The van der Waals surface area contributed by atoms with E-state index in [1.807, 2.05) is 41.8 Å². The summed E-state index contributed by atoms with van der Waals surface area (Å²) in [6.45, 7) is 2.32. The number of unbranched alkanes of at least 4 members (excludes halogenated alkanes) is 2. The Labute approximate surface area is 244 Å². The quantitative estimate of drug-likeness (QED) is 0.165. The first-order valence-corrected chi connectivity index (χ1v) is 13.4. The molecule has 0 spiro atoms. The number of esters is 1. The Balaban J connectivity index is 0.00000441. The van der Waals surface area contributed by atoms with Gasteiger partial charge in [-0.25, -0.2) is 14.6 Å². The molecule has 4 rings (SSSR count). The zero-order valence-electron chi connectivity index (χ0n) is 22.3. The second-order valence-corrected chi connectivity index (χ2v) is 9.96. The number of alkyl halides is 3. The Bertz CT molecular complexity index is 1510. The summed E-state index contributed by atoms with van der Waals surface area (Å²) in [5, 5.41) is 5.69. The SMILES string of the molecule is COC(=O)CCCCC[n+]1c(-c2cccc(C(F)(F)F)c2)csc1Nc1c(C)n(C)n(-c2ccccc2)c1=O.[Br-]. The van der Waals surface area contributed by atoms with E-state index in [0.29, 0.717) is 53.6 Å². The topological polar surface area (TPSA) is 69.1 Å². The molecule has 0 aliphatic carbocycles. The minimum Gasteiger partial charge on any atom is -1.00 e. The van der Waals surface area contributed by atoms with Crippen LogP contribution < -0.4 is 32.4 Å². The van der Waals surface area contributed by atoms with E-state index in [0.717, 1.165) is 24.2 Å². The van der Waals surface area contributed by atoms with E-state index in [9.17, 15) is 22.8 Å². The van der Waals surface area contributed by atoms with Crippen molar-refractivity contribution >= 4 is 28.1 Å². The van der Waals surface area contributed by atoms with E-state index < -0.39 is 11.7 Å². The minimum atomic E-state index is -4.46. The first-order chi connectivity index (χ1) is 18.6. The van der Waals surface area contributed by atoms with Crippen molar-refractivity contribution in [3.8, 4) is 16.9 Å². The van der Waals surface area contributed by atoms with Crippen LogP contribution in [0.4, 0.5) is 24.0 Å². The number of ether oxygens (including phenoxy) is 1. The molecule has 2 aromatic carbocycles. The molecular formula is C28H30BrF3N4O3S. The lowest BCUT2D eigenvalue weighted by atomic mass is 10.1. The second kappa shape index (κ2) is 13.3. The molecule has 12 heteroatoms. The summed E-state index contributed by atoms with van der Waals surface area (Å²) in [5.74, 6) is -0.278. The van der Waals surface area contributed by atoms with E-state index in [-0.39, 0.29) is 28.5 Å². The predicted octanol–water partition coefficient (Wildman–Crippen LogP) is 3.00. The first kappa shape index (κ1) is 31.2. The van der Waals surface area contributed by atoms with Crippen molar-refractivity contribution in [1.29, 1.82) is 0 Å². The van der Waals surface area contributed by atoms with Crippen molar-refractivity contribution in [3.05, 3.63) is 81.6 Å². The number of rotatable bonds is 10. The van der Waals surface area contributed by atoms with Crippen LogP contribution in [0.25, 0.3) is 16.9 Å². The number of halogens is 4. The van der Waals surface area contributed by atoms with Gasteiger partial charge in [-0.2, -0.15) is 13.2 Å². The van der Waals surface area contributed by atoms with Gasteiger partial charge in [-0.15, -0.1) is 0 Å². The summed E-state index contributed by atoms with van der Waals surface area (Å²) in [4.78, 5) is 24.9.